The number of methoxy groups -OCH3 is 2. The lowest BCUT2D eigenvalue weighted by Crippen LogP contribution is -2.32. The molecule has 3 aromatic rings. The number of nitrogens with one attached hydrogen (secondary N) is 1. The van der Waals surface area contributed by atoms with Crippen molar-refractivity contribution in [2.45, 2.75) is 39.7 Å². The van der Waals surface area contributed by atoms with Crippen LogP contribution in [0.15, 0.2) is 53.1 Å². The molecule has 1 N–H and O–H groups in total. The van der Waals surface area contributed by atoms with E-state index in [0.717, 1.165) is 5.56 Å². The number of benzene rings is 2. The highest BCUT2D eigenvalue weighted by Crippen LogP contribution is 2.29. The molecule has 0 saturated heterocycles. The van der Waals surface area contributed by atoms with Crippen molar-refractivity contribution in [2.75, 3.05) is 14.2 Å². The lowest BCUT2D eigenvalue weighted by atomic mass is 9.91. The zero-order valence-electron chi connectivity index (χ0n) is 18.6. The van der Waals surface area contributed by atoms with Gasteiger partial charge in [0.1, 0.15) is 17.5 Å². The number of hydrogen-bond acceptors (Lipinski definition) is 6. The summed E-state index contributed by atoms with van der Waals surface area (Å²) in [6.45, 7) is 6.08. The number of ether oxygens (including phenoxy) is 2. The molecule has 0 fully saturated rings. The first-order chi connectivity index (χ1) is 14.8. The molecule has 7 nitrogen and oxygen atoms in total. The number of nitrogens with zero attached hydrogens (tertiary/aromatic N) is 2. The van der Waals surface area contributed by atoms with E-state index in [1.807, 2.05) is 63.2 Å². The highest BCUT2D eigenvalue weighted by molar-refractivity contribution is 5.77. The van der Waals surface area contributed by atoms with E-state index in [2.05, 4.69) is 15.5 Å². The first-order valence-corrected chi connectivity index (χ1v) is 10.2. The zero-order chi connectivity index (χ0) is 22.4. The van der Waals surface area contributed by atoms with Gasteiger partial charge in [0.05, 0.1) is 14.2 Å². The van der Waals surface area contributed by atoms with Crippen molar-refractivity contribution in [2.24, 2.45) is 5.41 Å². The van der Waals surface area contributed by atoms with Crippen LogP contribution in [0.25, 0.3) is 11.4 Å². The Morgan fingerprint density at radius 2 is 1.71 bits per heavy atom. The predicted molar refractivity (Wildman–Crippen MR) is 118 cm³/mol. The minimum absolute atomic E-state index is 0.0590. The summed E-state index contributed by atoms with van der Waals surface area (Å²) in [5, 5.41) is 7.20. The van der Waals surface area contributed by atoms with Gasteiger partial charge < -0.3 is 19.3 Å². The van der Waals surface area contributed by atoms with Crippen molar-refractivity contribution < 1.29 is 18.8 Å². The van der Waals surface area contributed by atoms with E-state index in [0.29, 0.717) is 41.6 Å². The van der Waals surface area contributed by atoms with Gasteiger partial charge in [-0.25, -0.2) is 0 Å². The molecule has 0 saturated carbocycles. The molecule has 0 aliphatic rings. The van der Waals surface area contributed by atoms with E-state index in [1.54, 1.807) is 20.3 Å². The maximum Gasteiger partial charge on any atom is 0.249 e. The molecule has 0 radical (unpaired) electrons. The number of carbonyl (C=O) groups excluding carboxylic acids is 1. The van der Waals surface area contributed by atoms with E-state index in [-0.39, 0.29) is 11.3 Å². The van der Waals surface area contributed by atoms with Gasteiger partial charge >= 0.3 is 0 Å². The van der Waals surface area contributed by atoms with E-state index in [1.165, 1.54) is 0 Å². The van der Waals surface area contributed by atoms with Crippen LogP contribution in [0.3, 0.4) is 0 Å². The quantitative estimate of drug-likeness (QED) is 0.570. The van der Waals surface area contributed by atoms with Gasteiger partial charge in [0, 0.05) is 24.5 Å². The summed E-state index contributed by atoms with van der Waals surface area (Å²) in [6.07, 6.45) is 0.937. The molecule has 2 aromatic carbocycles. The van der Waals surface area contributed by atoms with Gasteiger partial charge in [0.2, 0.25) is 17.6 Å². The Labute approximate surface area is 182 Å². The van der Waals surface area contributed by atoms with Crippen molar-refractivity contribution in [3.63, 3.8) is 0 Å². The molecule has 0 spiro atoms. The Balaban J connectivity index is 1.89. The number of carbonyl (C=O) groups is 1. The van der Waals surface area contributed by atoms with Gasteiger partial charge in [-0.3, -0.25) is 4.79 Å². The Morgan fingerprint density at radius 3 is 2.29 bits per heavy atom. The highest BCUT2D eigenvalue weighted by atomic mass is 16.5. The smallest absolute Gasteiger partial charge is 0.249 e. The number of hydrogen-bond donors (Lipinski definition) is 1. The van der Waals surface area contributed by atoms with Crippen molar-refractivity contribution in [1.82, 2.24) is 15.5 Å². The average Bonchev–Trinajstić information content (AvgIpc) is 3.22. The SMILES string of the molecule is COc1cc(OC)cc(-c2noc(C(Cc3ccccc3)NC(=O)CC(C)(C)C)n2)c1. The molecule has 7 heteroatoms. The summed E-state index contributed by atoms with van der Waals surface area (Å²) in [6, 6.07) is 14.8. The molecule has 3 rings (SSSR count). The fraction of sp³-hybridized carbons (Fsp3) is 0.375. The molecule has 1 atom stereocenters. The molecule has 1 aromatic heterocycles. The molecular weight excluding hydrogens is 394 g/mol. The van der Waals surface area contributed by atoms with Crippen molar-refractivity contribution in [1.29, 1.82) is 0 Å². The lowest BCUT2D eigenvalue weighted by Gasteiger charge is -2.20. The standard InChI is InChI=1S/C24H29N3O4/c1-24(2,3)15-21(28)25-20(11-16-9-7-6-8-10-16)23-26-22(27-31-23)17-12-18(29-4)14-19(13-17)30-5/h6-10,12-14,20H,11,15H2,1-5H3,(H,25,28). The topological polar surface area (TPSA) is 86.5 Å². The second kappa shape index (κ2) is 9.64. The molecule has 0 bridgehead atoms. The third kappa shape index (κ3) is 6.31. The van der Waals surface area contributed by atoms with Crippen LogP contribution in [-0.2, 0) is 11.2 Å². The van der Waals surface area contributed by atoms with Crippen LogP contribution >= 0.6 is 0 Å². The summed E-state index contributed by atoms with van der Waals surface area (Å²) in [4.78, 5) is 17.2. The van der Waals surface area contributed by atoms with Crippen molar-refractivity contribution in [3.8, 4) is 22.9 Å². The first kappa shape index (κ1) is 22.3. The summed E-state index contributed by atoms with van der Waals surface area (Å²) in [5.74, 6) is 1.94. The predicted octanol–water partition coefficient (Wildman–Crippen LogP) is 4.59. The molecule has 1 unspecified atom stereocenters. The zero-order valence-corrected chi connectivity index (χ0v) is 18.6. The molecule has 1 heterocycles. The van der Waals surface area contributed by atoms with Gasteiger partial charge in [-0.2, -0.15) is 4.98 Å². The van der Waals surface area contributed by atoms with Crippen LogP contribution in [0.4, 0.5) is 0 Å². The molecule has 0 aliphatic carbocycles. The first-order valence-electron chi connectivity index (χ1n) is 10.2. The summed E-state index contributed by atoms with van der Waals surface area (Å²) in [5.41, 5.74) is 1.63. The average molecular weight is 424 g/mol. The lowest BCUT2D eigenvalue weighted by molar-refractivity contribution is -0.123. The third-order valence-corrected chi connectivity index (χ3v) is 4.66. The van der Waals surface area contributed by atoms with Crippen molar-refractivity contribution >= 4 is 5.91 Å². The Morgan fingerprint density at radius 1 is 1.06 bits per heavy atom. The largest absolute Gasteiger partial charge is 0.497 e. The maximum absolute atomic E-state index is 12.6. The Hall–Kier alpha value is -3.35. The van der Waals surface area contributed by atoms with Gasteiger partial charge in [0.25, 0.3) is 0 Å². The van der Waals surface area contributed by atoms with Crippen LogP contribution in [0.2, 0.25) is 0 Å². The van der Waals surface area contributed by atoms with E-state index in [9.17, 15) is 4.79 Å². The Bertz CT molecular complexity index is 987. The number of amides is 1. The molecule has 1 amide bonds. The fourth-order valence-corrected chi connectivity index (χ4v) is 3.21. The maximum atomic E-state index is 12.6. The minimum Gasteiger partial charge on any atom is -0.497 e. The second-order valence-corrected chi connectivity index (χ2v) is 8.60. The van der Waals surface area contributed by atoms with E-state index >= 15 is 0 Å². The third-order valence-electron chi connectivity index (χ3n) is 4.66. The molecule has 0 aliphatic heterocycles. The monoisotopic (exact) mass is 423 g/mol. The van der Waals surface area contributed by atoms with Gasteiger partial charge in [-0.15, -0.1) is 0 Å². The van der Waals surface area contributed by atoms with Gasteiger partial charge in [0.15, 0.2) is 0 Å². The Kier molecular flexibility index (Phi) is 6.95. The molecular formula is C24H29N3O4. The summed E-state index contributed by atoms with van der Waals surface area (Å²) in [7, 11) is 3.17. The highest BCUT2D eigenvalue weighted by Gasteiger charge is 2.25. The normalized spacial score (nSPS) is 12.3. The summed E-state index contributed by atoms with van der Waals surface area (Å²) < 4.78 is 16.2. The molecule has 31 heavy (non-hydrogen) atoms. The van der Waals surface area contributed by atoms with E-state index < -0.39 is 6.04 Å². The fourth-order valence-electron chi connectivity index (χ4n) is 3.21. The van der Waals surface area contributed by atoms with Gasteiger partial charge in [-0.05, 0) is 23.1 Å². The van der Waals surface area contributed by atoms with Crippen LogP contribution in [-0.4, -0.2) is 30.3 Å². The van der Waals surface area contributed by atoms with Crippen LogP contribution in [0.1, 0.15) is 44.7 Å². The van der Waals surface area contributed by atoms with Crippen LogP contribution in [0, 0.1) is 5.41 Å². The van der Waals surface area contributed by atoms with Crippen molar-refractivity contribution in [3.05, 3.63) is 60.0 Å². The molecule has 164 valence electrons. The number of aromatic nitrogens is 2. The van der Waals surface area contributed by atoms with Crippen LogP contribution in [0.5, 0.6) is 11.5 Å². The second-order valence-electron chi connectivity index (χ2n) is 8.60. The minimum atomic E-state index is -0.439. The van der Waals surface area contributed by atoms with E-state index in [4.69, 9.17) is 14.0 Å². The number of rotatable bonds is 8. The van der Waals surface area contributed by atoms with Crippen LogP contribution < -0.4 is 14.8 Å². The van der Waals surface area contributed by atoms with Gasteiger partial charge in [-0.1, -0.05) is 56.3 Å². The summed E-state index contributed by atoms with van der Waals surface area (Å²) >= 11 is 0.